The lowest BCUT2D eigenvalue weighted by Crippen LogP contribution is -2.57. The van der Waals surface area contributed by atoms with Crippen molar-refractivity contribution in [2.75, 3.05) is 0 Å². The highest BCUT2D eigenvalue weighted by Gasteiger charge is 2.65. The molecule has 5 atom stereocenters. The van der Waals surface area contributed by atoms with Crippen molar-refractivity contribution in [3.63, 3.8) is 0 Å². The van der Waals surface area contributed by atoms with Crippen LogP contribution in [0.1, 0.15) is 37.8 Å². The Morgan fingerprint density at radius 3 is 2.26 bits per heavy atom. The van der Waals surface area contributed by atoms with Gasteiger partial charge in [0.15, 0.2) is 0 Å². The highest BCUT2D eigenvalue weighted by Crippen LogP contribution is 2.79. The van der Waals surface area contributed by atoms with Gasteiger partial charge in [0.25, 0.3) is 0 Å². The molecule has 0 aromatic heterocycles. The molecule has 0 amide bonds. The summed E-state index contributed by atoms with van der Waals surface area (Å²) >= 11 is 0. The van der Waals surface area contributed by atoms with E-state index in [1.54, 1.807) is 0 Å². The number of allylic oxidation sites excluding steroid dienone is 1. The summed E-state index contributed by atoms with van der Waals surface area (Å²) in [6.45, 7) is 4.77. The first-order chi connectivity index (χ1) is 12.9. The van der Waals surface area contributed by atoms with Gasteiger partial charge >= 0.3 is 0 Å². The topological polar surface area (TPSA) is 43.1 Å². The lowest BCUT2D eigenvalue weighted by molar-refractivity contribution is -0.0903. The average molecular weight is 377 g/mol. The van der Waals surface area contributed by atoms with Gasteiger partial charge in [0.05, 0.1) is 0 Å². The van der Waals surface area contributed by atoms with Crippen LogP contribution in [0.4, 0.5) is 0 Å². The Morgan fingerprint density at radius 1 is 1.00 bits per heavy atom. The van der Waals surface area contributed by atoms with Crippen molar-refractivity contribution in [1.29, 1.82) is 0 Å². The summed E-state index contributed by atoms with van der Waals surface area (Å²) in [5.74, 6) is 1.55. The van der Waals surface area contributed by atoms with E-state index < -0.39 is 7.14 Å². The molecule has 6 rings (SSSR count). The molecular formula is C24H28NOP. The second kappa shape index (κ2) is 5.85. The molecule has 2 bridgehead atoms. The van der Waals surface area contributed by atoms with Crippen molar-refractivity contribution in [3.05, 3.63) is 77.5 Å². The zero-order valence-corrected chi connectivity index (χ0v) is 17.0. The van der Waals surface area contributed by atoms with Gasteiger partial charge in [-0.3, -0.25) is 0 Å². The van der Waals surface area contributed by atoms with Gasteiger partial charge in [-0.15, -0.1) is 0 Å². The molecule has 0 saturated heterocycles. The second-order valence-electron chi connectivity index (χ2n) is 9.30. The highest BCUT2D eigenvalue weighted by molar-refractivity contribution is 7.74. The van der Waals surface area contributed by atoms with Crippen LogP contribution in [0.15, 0.2) is 66.4 Å². The minimum absolute atomic E-state index is 0.227. The molecule has 0 unspecified atom stereocenters. The van der Waals surface area contributed by atoms with Crippen LogP contribution in [-0.2, 0) is 10.7 Å². The quantitative estimate of drug-likeness (QED) is 0.673. The summed E-state index contributed by atoms with van der Waals surface area (Å²) in [4.78, 5) is 0. The summed E-state index contributed by atoms with van der Waals surface area (Å²) < 4.78 is 14.7. The first kappa shape index (κ1) is 17.3. The van der Waals surface area contributed by atoms with Gasteiger partial charge in [-0.05, 0) is 41.2 Å². The Morgan fingerprint density at radius 2 is 1.63 bits per heavy atom. The third kappa shape index (κ3) is 2.36. The van der Waals surface area contributed by atoms with E-state index in [4.69, 9.17) is 5.73 Å². The summed E-state index contributed by atoms with van der Waals surface area (Å²) in [6, 6.07) is 20.6. The molecule has 140 valence electrons. The van der Waals surface area contributed by atoms with Gasteiger partial charge in [-0.2, -0.15) is 0 Å². The molecule has 2 N–H and O–H groups in total. The Labute approximate surface area is 162 Å². The Hall–Kier alpha value is -1.79. The SMILES string of the molecule is CC1(C)[C@@H]2C[C@@H]3[C@H](C(N)=C(c4ccccc4)[P@@]3(=O)Cc3ccccc3)[C@@H]1C2. The molecule has 0 radical (unpaired) electrons. The molecule has 3 fully saturated rings. The highest BCUT2D eigenvalue weighted by atomic mass is 31.2. The zero-order chi connectivity index (χ0) is 18.8. The zero-order valence-electron chi connectivity index (χ0n) is 16.1. The van der Waals surface area contributed by atoms with Crippen molar-refractivity contribution in [2.24, 2.45) is 28.9 Å². The van der Waals surface area contributed by atoms with Gasteiger partial charge < -0.3 is 10.3 Å². The molecular weight excluding hydrogens is 349 g/mol. The molecule has 2 aromatic rings. The molecule has 27 heavy (non-hydrogen) atoms. The molecule has 4 aliphatic rings. The maximum absolute atomic E-state index is 14.7. The molecule has 1 heterocycles. The molecule has 0 spiro atoms. The van der Waals surface area contributed by atoms with E-state index in [9.17, 15) is 4.57 Å². The monoisotopic (exact) mass is 377 g/mol. The first-order valence-corrected chi connectivity index (χ1v) is 12.1. The number of nitrogens with two attached hydrogens (primary N) is 1. The summed E-state index contributed by atoms with van der Waals surface area (Å²) in [5, 5.41) is 0.991. The third-order valence-electron chi connectivity index (χ3n) is 7.77. The Bertz CT molecular complexity index is 947. The lowest BCUT2D eigenvalue weighted by atomic mass is 9.45. The van der Waals surface area contributed by atoms with Crippen LogP contribution in [0.2, 0.25) is 0 Å². The molecule has 2 aromatic carbocycles. The van der Waals surface area contributed by atoms with Crippen LogP contribution in [0.5, 0.6) is 0 Å². The minimum atomic E-state index is -2.62. The van der Waals surface area contributed by atoms with E-state index in [0.29, 0.717) is 23.4 Å². The van der Waals surface area contributed by atoms with Crippen molar-refractivity contribution in [1.82, 2.24) is 0 Å². The first-order valence-electron chi connectivity index (χ1n) is 10.1. The fourth-order valence-electron chi connectivity index (χ4n) is 6.20. The van der Waals surface area contributed by atoms with Crippen LogP contribution in [0.25, 0.3) is 5.31 Å². The van der Waals surface area contributed by atoms with E-state index in [1.807, 2.05) is 36.4 Å². The van der Waals surface area contributed by atoms with Gasteiger partial charge in [0.2, 0.25) is 0 Å². The number of hydrogen-bond donors (Lipinski definition) is 1. The standard InChI is InChI=1S/C24H28NOP/c1-24(2)18-13-19(24)21-20(14-18)27(26,15-16-9-5-3-6-10-16)23(22(21)25)17-11-7-4-8-12-17/h3-12,18-21H,13-15,25H2,1-2H3/t18-,19-,20+,21+,27+/m0/s1. The van der Waals surface area contributed by atoms with Gasteiger partial charge in [-0.25, -0.2) is 0 Å². The largest absolute Gasteiger partial charge is 0.401 e. The molecule has 3 saturated carbocycles. The van der Waals surface area contributed by atoms with Crippen LogP contribution in [0.3, 0.4) is 0 Å². The smallest absolute Gasteiger partial charge is 0.125 e. The van der Waals surface area contributed by atoms with Gasteiger partial charge in [-0.1, -0.05) is 74.5 Å². The van der Waals surface area contributed by atoms with E-state index in [2.05, 4.69) is 38.1 Å². The molecule has 3 heteroatoms. The van der Waals surface area contributed by atoms with Crippen molar-refractivity contribution in [3.8, 4) is 0 Å². The minimum Gasteiger partial charge on any atom is -0.401 e. The predicted octanol–water partition coefficient (Wildman–Crippen LogP) is 5.94. The fourth-order valence-corrected chi connectivity index (χ4v) is 10.3. The summed E-state index contributed by atoms with van der Waals surface area (Å²) in [5.41, 5.74) is 10.6. The van der Waals surface area contributed by atoms with Crippen molar-refractivity contribution >= 4 is 12.5 Å². The molecule has 2 nitrogen and oxygen atoms in total. The van der Waals surface area contributed by atoms with Gasteiger partial charge in [0.1, 0.15) is 7.14 Å². The summed E-state index contributed by atoms with van der Waals surface area (Å²) in [7, 11) is -2.62. The summed E-state index contributed by atoms with van der Waals surface area (Å²) in [6.07, 6.45) is 2.96. The Kier molecular flexibility index (Phi) is 3.75. The normalized spacial score (nSPS) is 36.2. The lowest BCUT2D eigenvalue weighted by Gasteiger charge is -2.62. The second-order valence-corrected chi connectivity index (χ2v) is 12.3. The third-order valence-corrected chi connectivity index (χ3v) is 11.5. The van der Waals surface area contributed by atoms with Crippen molar-refractivity contribution < 1.29 is 4.57 Å². The number of hydrogen-bond acceptors (Lipinski definition) is 2. The number of benzene rings is 2. The van der Waals surface area contributed by atoms with E-state index in [1.165, 1.54) is 12.0 Å². The molecule has 1 aliphatic heterocycles. The maximum Gasteiger partial charge on any atom is 0.125 e. The Balaban J connectivity index is 1.65. The average Bonchev–Trinajstić information content (AvgIpc) is 2.90. The van der Waals surface area contributed by atoms with Crippen LogP contribution in [0, 0.1) is 23.2 Å². The maximum atomic E-state index is 14.7. The van der Waals surface area contributed by atoms with E-state index >= 15 is 0 Å². The van der Waals surface area contributed by atoms with E-state index in [-0.39, 0.29) is 11.6 Å². The van der Waals surface area contributed by atoms with Gasteiger partial charge in [0, 0.05) is 28.8 Å². The number of rotatable bonds is 3. The van der Waals surface area contributed by atoms with Crippen LogP contribution >= 0.6 is 7.14 Å². The molecule has 3 aliphatic carbocycles. The van der Waals surface area contributed by atoms with E-state index in [0.717, 1.165) is 23.0 Å². The predicted molar refractivity (Wildman–Crippen MR) is 113 cm³/mol. The van der Waals surface area contributed by atoms with Crippen LogP contribution < -0.4 is 5.73 Å². The van der Waals surface area contributed by atoms with Crippen LogP contribution in [-0.4, -0.2) is 5.66 Å². The van der Waals surface area contributed by atoms with Crippen molar-refractivity contribution in [2.45, 2.75) is 38.5 Å². The fraction of sp³-hybridized carbons (Fsp3) is 0.417.